The van der Waals surface area contributed by atoms with Crippen LogP contribution < -0.4 is 5.32 Å². The molecule has 0 radical (unpaired) electrons. The predicted octanol–water partition coefficient (Wildman–Crippen LogP) is 1.41. The summed E-state index contributed by atoms with van der Waals surface area (Å²) in [5.74, 6) is -0.815. The van der Waals surface area contributed by atoms with Gasteiger partial charge in [0.25, 0.3) is 0 Å². The number of carboxylic acid groups (broad SMARTS) is 1. The van der Waals surface area contributed by atoms with Crippen LogP contribution in [0.2, 0.25) is 0 Å². The number of nitrogens with zero attached hydrogens (tertiary/aromatic N) is 1. The first-order valence-corrected chi connectivity index (χ1v) is 6.08. The number of carbonyl (C=O) groups is 1. The number of aryl methyl sites for hydroxylation is 2. The second kappa shape index (κ2) is 6.52. The van der Waals surface area contributed by atoms with Crippen LogP contribution in [0.5, 0.6) is 0 Å². The molecule has 0 aliphatic carbocycles. The minimum absolute atomic E-state index is 0.485. The maximum Gasteiger partial charge on any atom is 0.322 e. The zero-order valence-electron chi connectivity index (χ0n) is 11.5. The molecule has 1 atom stereocenters. The molecule has 0 saturated heterocycles. The van der Waals surface area contributed by atoms with Crippen molar-refractivity contribution < 1.29 is 9.90 Å². The minimum Gasteiger partial charge on any atom is -0.480 e. The summed E-state index contributed by atoms with van der Waals surface area (Å²) >= 11 is 0. The van der Waals surface area contributed by atoms with Gasteiger partial charge < -0.3 is 10.4 Å². The van der Waals surface area contributed by atoms with Gasteiger partial charge in [-0.05, 0) is 39.1 Å². The summed E-state index contributed by atoms with van der Waals surface area (Å²) in [6.45, 7) is 5.40. The van der Waals surface area contributed by atoms with Crippen molar-refractivity contribution in [3.05, 3.63) is 34.9 Å². The highest BCUT2D eigenvalue weighted by Crippen LogP contribution is 2.12. The summed E-state index contributed by atoms with van der Waals surface area (Å²) in [4.78, 5) is 13.0. The Morgan fingerprint density at radius 3 is 2.61 bits per heavy atom. The fourth-order valence-corrected chi connectivity index (χ4v) is 1.98. The van der Waals surface area contributed by atoms with E-state index < -0.39 is 12.0 Å². The molecule has 0 bridgehead atoms. The van der Waals surface area contributed by atoms with E-state index in [1.807, 2.05) is 11.9 Å². The summed E-state index contributed by atoms with van der Waals surface area (Å²) in [7, 11) is 3.61. The van der Waals surface area contributed by atoms with Gasteiger partial charge in [-0.15, -0.1) is 0 Å². The van der Waals surface area contributed by atoms with Crippen LogP contribution in [0.4, 0.5) is 0 Å². The van der Waals surface area contributed by atoms with Gasteiger partial charge in [-0.1, -0.05) is 23.8 Å². The summed E-state index contributed by atoms with van der Waals surface area (Å²) in [5.41, 5.74) is 3.74. The van der Waals surface area contributed by atoms with E-state index in [1.165, 1.54) is 16.7 Å². The van der Waals surface area contributed by atoms with Gasteiger partial charge >= 0.3 is 5.97 Å². The van der Waals surface area contributed by atoms with Crippen molar-refractivity contribution in [2.45, 2.75) is 26.4 Å². The highest BCUT2D eigenvalue weighted by molar-refractivity contribution is 5.73. The molecule has 18 heavy (non-hydrogen) atoms. The molecule has 0 amide bonds. The number of nitrogens with one attached hydrogen (secondary N) is 1. The van der Waals surface area contributed by atoms with E-state index in [0.29, 0.717) is 6.54 Å². The Labute approximate surface area is 109 Å². The van der Waals surface area contributed by atoms with E-state index in [4.69, 9.17) is 5.11 Å². The van der Waals surface area contributed by atoms with Crippen molar-refractivity contribution in [3.63, 3.8) is 0 Å². The Morgan fingerprint density at radius 1 is 1.44 bits per heavy atom. The van der Waals surface area contributed by atoms with Gasteiger partial charge in [-0.3, -0.25) is 9.69 Å². The van der Waals surface area contributed by atoms with Gasteiger partial charge in [0.2, 0.25) is 0 Å². The van der Waals surface area contributed by atoms with E-state index >= 15 is 0 Å². The molecule has 0 aromatic heterocycles. The number of likely N-dealkylation sites (N-methyl/N-ethyl adjacent to an activating group) is 2. The fourth-order valence-electron chi connectivity index (χ4n) is 1.98. The first-order valence-electron chi connectivity index (χ1n) is 6.08. The third-order valence-corrected chi connectivity index (χ3v) is 3.08. The van der Waals surface area contributed by atoms with Crippen LogP contribution in [0.3, 0.4) is 0 Å². The second-order valence-electron chi connectivity index (χ2n) is 4.81. The molecule has 2 N–H and O–H groups in total. The molecular weight excluding hydrogens is 228 g/mol. The molecule has 0 heterocycles. The quantitative estimate of drug-likeness (QED) is 0.801. The van der Waals surface area contributed by atoms with Crippen LogP contribution in [0, 0.1) is 13.8 Å². The monoisotopic (exact) mass is 250 g/mol. The molecule has 0 spiro atoms. The lowest BCUT2D eigenvalue weighted by atomic mass is 10.1. The lowest BCUT2D eigenvalue weighted by Crippen LogP contribution is -2.43. The molecule has 4 nitrogen and oxygen atoms in total. The van der Waals surface area contributed by atoms with Gasteiger partial charge in [0.05, 0.1) is 0 Å². The summed E-state index contributed by atoms with van der Waals surface area (Å²) in [5, 5.41) is 11.8. The maximum atomic E-state index is 10.9. The number of carboxylic acids is 1. The topological polar surface area (TPSA) is 52.6 Å². The van der Waals surface area contributed by atoms with Gasteiger partial charge in [0.15, 0.2) is 0 Å². The van der Waals surface area contributed by atoms with Crippen molar-refractivity contribution in [1.82, 2.24) is 10.2 Å². The molecule has 100 valence electrons. The van der Waals surface area contributed by atoms with Crippen LogP contribution >= 0.6 is 0 Å². The number of hydrogen-bond acceptors (Lipinski definition) is 3. The van der Waals surface area contributed by atoms with E-state index in [-0.39, 0.29) is 0 Å². The predicted molar refractivity (Wildman–Crippen MR) is 72.7 cm³/mol. The normalized spacial score (nSPS) is 12.7. The van der Waals surface area contributed by atoms with E-state index in [9.17, 15) is 4.79 Å². The average molecular weight is 250 g/mol. The molecule has 0 fully saturated rings. The average Bonchev–Trinajstić information content (AvgIpc) is 2.29. The zero-order chi connectivity index (χ0) is 13.7. The third-order valence-electron chi connectivity index (χ3n) is 3.08. The molecule has 1 aromatic rings. The van der Waals surface area contributed by atoms with Crippen LogP contribution in [-0.2, 0) is 11.3 Å². The summed E-state index contributed by atoms with van der Waals surface area (Å²) in [6, 6.07) is 5.82. The largest absolute Gasteiger partial charge is 0.480 e. The lowest BCUT2D eigenvalue weighted by Gasteiger charge is -2.22. The first-order chi connectivity index (χ1) is 8.43. The van der Waals surface area contributed by atoms with Crippen LogP contribution in [0.15, 0.2) is 18.2 Å². The molecule has 0 aliphatic heterocycles. The molecule has 1 aromatic carbocycles. The fraction of sp³-hybridized carbons (Fsp3) is 0.500. The Bertz CT molecular complexity index is 418. The molecule has 1 unspecified atom stereocenters. The Kier molecular flexibility index (Phi) is 5.31. The Hall–Kier alpha value is -1.39. The van der Waals surface area contributed by atoms with E-state index in [1.54, 1.807) is 7.05 Å². The zero-order valence-corrected chi connectivity index (χ0v) is 11.5. The third kappa shape index (κ3) is 4.13. The van der Waals surface area contributed by atoms with Crippen LogP contribution in [0.25, 0.3) is 0 Å². The summed E-state index contributed by atoms with van der Waals surface area (Å²) < 4.78 is 0. The van der Waals surface area contributed by atoms with Crippen molar-refractivity contribution in [2.75, 3.05) is 20.6 Å². The molecule has 0 aliphatic rings. The SMILES string of the molecule is CNC(CN(C)Cc1ccc(C)cc1C)C(=O)O. The van der Waals surface area contributed by atoms with E-state index in [0.717, 1.165) is 6.54 Å². The number of rotatable bonds is 6. The molecule has 1 rings (SSSR count). The van der Waals surface area contributed by atoms with Gasteiger partial charge in [-0.2, -0.15) is 0 Å². The smallest absolute Gasteiger partial charge is 0.322 e. The van der Waals surface area contributed by atoms with Gasteiger partial charge in [0, 0.05) is 13.1 Å². The highest BCUT2D eigenvalue weighted by Gasteiger charge is 2.17. The highest BCUT2D eigenvalue weighted by atomic mass is 16.4. The minimum atomic E-state index is -0.815. The molecule has 4 heteroatoms. The van der Waals surface area contributed by atoms with Crippen LogP contribution in [0.1, 0.15) is 16.7 Å². The van der Waals surface area contributed by atoms with Crippen LogP contribution in [-0.4, -0.2) is 42.7 Å². The van der Waals surface area contributed by atoms with E-state index in [2.05, 4.69) is 37.4 Å². The number of aliphatic carboxylic acids is 1. The van der Waals surface area contributed by atoms with Gasteiger partial charge in [0.1, 0.15) is 6.04 Å². The van der Waals surface area contributed by atoms with Crippen molar-refractivity contribution in [1.29, 1.82) is 0 Å². The van der Waals surface area contributed by atoms with Crippen molar-refractivity contribution in [2.24, 2.45) is 0 Å². The number of benzene rings is 1. The maximum absolute atomic E-state index is 10.9. The van der Waals surface area contributed by atoms with Crippen molar-refractivity contribution in [3.8, 4) is 0 Å². The van der Waals surface area contributed by atoms with Gasteiger partial charge in [-0.25, -0.2) is 0 Å². The standard InChI is InChI=1S/C14H22N2O2/c1-10-5-6-12(11(2)7-10)8-16(4)9-13(15-3)14(17)18/h5-7,13,15H,8-9H2,1-4H3,(H,17,18). The lowest BCUT2D eigenvalue weighted by molar-refractivity contribution is -0.139. The first kappa shape index (κ1) is 14.7. The molecule has 0 saturated carbocycles. The summed E-state index contributed by atoms with van der Waals surface area (Å²) in [6.07, 6.45) is 0. The Morgan fingerprint density at radius 2 is 2.11 bits per heavy atom. The second-order valence-corrected chi connectivity index (χ2v) is 4.81. The van der Waals surface area contributed by atoms with Crippen molar-refractivity contribution >= 4 is 5.97 Å². The molecular formula is C14H22N2O2. The Balaban J connectivity index is 2.64. The number of hydrogen-bond donors (Lipinski definition) is 2.